The minimum Gasteiger partial charge on any atom is -0.392 e. The highest BCUT2D eigenvalue weighted by Crippen LogP contribution is 2.37. The lowest BCUT2D eigenvalue weighted by Gasteiger charge is -2.37. The summed E-state index contributed by atoms with van der Waals surface area (Å²) in [7, 11) is 0. The van der Waals surface area contributed by atoms with Gasteiger partial charge in [-0.3, -0.25) is 4.79 Å². The van der Waals surface area contributed by atoms with Gasteiger partial charge in [0.15, 0.2) is 10.3 Å². The van der Waals surface area contributed by atoms with E-state index in [9.17, 15) is 25.2 Å². The molecule has 0 unspecified atom stereocenters. The van der Waals surface area contributed by atoms with Crippen LogP contribution in [0.2, 0.25) is 0 Å². The highest BCUT2D eigenvalue weighted by Gasteiger charge is 2.55. The third-order valence-corrected chi connectivity index (χ3v) is 5.18. The van der Waals surface area contributed by atoms with Crippen LogP contribution in [0.15, 0.2) is 30.5 Å². The summed E-state index contributed by atoms with van der Waals surface area (Å²) in [6.07, 6.45) is -3.06. The Morgan fingerprint density at radius 2 is 1.91 bits per heavy atom. The van der Waals surface area contributed by atoms with E-state index in [4.69, 9.17) is 16.7 Å². The van der Waals surface area contributed by atoms with Gasteiger partial charge >= 0.3 is 0 Å². The van der Waals surface area contributed by atoms with Gasteiger partial charge in [-0.25, -0.2) is 0 Å². The van der Waals surface area contributed by atoms with E-state index in [1.54, 1.807) is 24.3 Å². The summed E-state index contributed by atoms with van der Waals surface area (Å²) in [5, 5.41) is 46.4. The van der Waals surface area contributed by atoms with E-state index in [1.807, 2.05) is 0 Å². The Kier molecular flexibility index (Phi) is 5.17. The Morgan fingerprint density at radius 1 is 1.30 bits per heavy atom. The number of halogens is 2. The topological polar surface area (TPSA) is 134 Å². The van der Waals surface area contributed by atoms with Gasteiger partial charge in [0.1, 0.15) is 12.2 Å². The molecule has 9 heteroatoms. The van der Waals surface area contributed by atoms with Crippen LogP contribution in [0, 0.1) is 0 Å². The molecular weight excluding hydrogens is 394 g/mol. The highest BCUT2D eigenvalue weighted by atomic mass is 79.9. The number of fused-ring (bicyclic) bond motifs is 1. The maximum atomic E-state index is 12.4. The zero-order valence-corrected chi connectivity index (χ0v) is 14.0. The molecule has 126 valence electrons. The zero-order valence-electron chi connectivity index (χ0n) is 11.6. The van der Waals surface area contributed by atoms with Gasteiger partial charge in [-0.05, 0) is 22.0 Å². The molecule has 23 heavy (non-hydrogen) atoms. The number of alkyl halides is 2. The number of hydrogen-bond donors (Lipinski definition) is 6. The number of aromatic nitrogens is 1. The van der Waals surface area contributed by atoms with Crippen molar-refractivity contribution in [3.63, 3.8) is 0 Å². The molecule has 0 bridgehead atoms. The molecule has 0 aliphatic rings. The second kappa shape index (κ2) is 6.48. The number of benzene rings is 1. The monoisotopic (exact) mass is 407 g/mol. The zero-order chi connectivity index (χ0) is 17.4. The lowest BCUT2D eigenvalue weighted by molar-refractivity contribution is -0.142. The maximum absolute atomic E-state index is 12.4. The molecule has 1 aromatic heterocycles. The quantitative estimate of drug-likeness (QED) is 0.296. The van der Waals surface area contributed by atoms with E-state index in [-0.39, 0.29) is 5.56 Å². The van der Waals surface area contributed by atoms with Crippen LogP contribution < -0.4 is 0 Å². The molecule has 0 fully saturated rings. The van der Waals surface area contributed by atoms with Crippen molar-refractivity contribution in [3.05, 3.63) is 36.0 Å². The van der Waals surface area contributed by atoms with Crippen molar-refractivity contribution in [2.75, 3.05) is 6.61 Å². The Hall–Kier alpha value is -1.00. The van der Waals surface area contributed by atoms with Crippen molar-refractivity contribution < 1.29 is 30.3 Å². The van der Waals surface area contributed by atoms with Crippen molar-refractivity contribution >= 4 is 44.2 Å². The highest BCUT2D eigenvalue weighted by molar-refractivity contribution is 9.10. The van der Waals surface area contributed by atoms with Gasteiger partial charge in [0.2, 0.25) is 5.06 Å². The van der Waals surface area contributed by atoms with Crippen molar-refractivity contribution in [2.24, 2.45) is 0 Å². The molecule has 7 nitrogen and oxygen atoms in total. The molecule has 0 spiro atoms. The average molecular weight is 409 g/mol. The van der Waals surface area contributed by atoms with E-state index in [0.717, 1.165) is 0 Å². The number of aliphatic hydroxyl groups is 5. The first kappa shape index (κ1) is 18.3. The van der Waals surface area contributed by atoms with Crippen molar-refractivity contribution in [1.29, 1.82) is 0 Å². The summed E-state index contributed by atoms with van der Waals surface area (Å²) < 4.78 is -2.53. The van der Waals surface area contributed by atoms with Crippen LogP contribution in [0.25, 0.3) is 10.9 Å². The molecule has 0 amide bonds. The summed E-state index contributed by atoms with van der Waals surface area (Å²) in [6, 6.07) is 6.80. The van der Waals surface area contributed by atoms with Crippen molar-refractivity contribution in [1.82, 2.24) is 4.98 Å². The summed E-state index contributed by atoms with van der Waals surface area (Å²) in [5.74, 6) is -0.907. The number of Topliss-reactive ketones (excluding diaryl/α,β-unsaturated/α-hetero) is 1. The van der Waals surface area contributed by atoms with Gasteiger partial charge in [0.25, 0.3) is 0 Å². The van der Waals surface area contributed by atoms with Crippen LogP contribution in [0.5, 0.6) is 0 Å². The minimum atomic E-state index is -2.91. The van der Waals surface area contributed by atoms with Crippen LogP contribution in [0.3, 0.4) is 0 Å². The third kappa shape index (κ3) is 3.16. The van der Waals surface area contributed by atoms with Crippen molar-refractivity contribution in [3.8, 4) is 0 Å². The number of ketones is 1. The number of aliphatic hydroxyl groups excluding tert-OH is 3. The average Bonchev–Trinajstić information content (AvgIpc) is 2.96. The number of carbonyl (C=O) groups is 1. The molecule has 4 atom stereocenters. The van der Waals surface area contributed by atoms with E-state index in [1.165, 1.54) is 6.20 Å². The fourth-order valence-corrected chi connectivity index (χ4v) is 2.54. The van der Waals surface area contributed by atoms with E-state index >= 15 is 0 Å². The standard InChI is InChI=1S/C14H15BrClNO6/c15-13(22,6-18)14(16,23)12(21)11(20)10(19)8-5-17-9-4-2-1-3-7(8)9/h1-5,11-12,17-18,20-23H,6H2/t11-,12+,13+,14+/m0/s1. The van der Waals surface area contributed by atoms with Crippen LogP contribution >= 0.6 is 27.5 Å². The Morgan fingerprint density at radius 3 is 2.52 bits per heavy atom. The first-order valence-corrected chi connectivity index (χ1v) is 7.70. The molecule has 2 rings (SSSR count). The lowest BCUT2D eigenvalue weighted by Crippen LogP contribution is -2.60. The lowest BCUT2D eigenvalue weighted by atomic mass is 9.95. The number of H-pyrrole nitrogens is 1. The second-order valence-corrected chi connectivity index (χ2v) is 6.98. The number of hydrogen-bond acceptors (Lipinski definition) is 6. The van der Waals surface area contributed by atoms with Gasteiger partial charge in [0.05, 0.1) is 6.61 Å². The minimum absolute atomic E-state index is 0.0849. The largest absolute Gasteiger partial charge is 0.392 e. The van der Waals surface area contributed by atoms with E-state index in [2.05, 4.69) is 20.9 Å². The Labute approximate surface area is 144 Å². The van der Waals surface area contributed by atoms with Gasteiger partial charge in [-0.2, -0.15) is 0 Å². The fourth-order valence-electron chi connectivity index (χ4n) is 2.12. The summed E-state index contributed by atoms with van der Waals surface area (Å²) in [5.41, 5.74) is 0.729. The number of rotatable bonds is 6. The van der Waals surface area contributed by atoms with Gasteiger partial charge in [0, 0.05) is 22.7 Å². The predicted octanol–water partition coefficient (Wildman–Crippen LogP) is 0.0756. The van der Waals surface area contributed by atoms with Crippen LogP contribution in [0.1, 0.15) is 10.4 Å². The van der Waals surface area contributed by atoms with Gasteiger partial charge in [-0.1, -0.05) is 29.8 Å². The number of para-hydroxylation sites is 1. The first-order valence-electron chi connectivity index (χ1n) is 6.53. The molecular formula is C14H15BrClNO6. The van der Waals surface area contributed by atoms with Crippen LogP contribution in [0.4, 0.5) is 0 Å². The maximum Gasteiger partial charge on any atom is 0.208 e. The van der Waals surface area contributed by atoms with E-state index in [0.29, 0.717) is 10.9 Å². The predicted molar refractivity (Wildman–Crippen MR) is 86.4 cm³/mol. The molecule has 0 aliphatic carbocycles. The number of carbonyl (C=O) groups excluding carboxylic acids is 1. The van der Waals surface area contributed by atoms with Crippen LogP contribution in [-0.4, -0.2) is 64.7 Å². The first-order chi connectivity index (χ1) is 10.6. The summed E-state index contributed by atoms with van der Waals surface area (Å²) >= 11 is 8.17. The Balaban J connectivity index is 2.32. The molecule has 6 N–H and O–H groups in total. The van der Waals surface area contributed by atoms with E-state index < -0.39 is 34.2 Å². The number of nitrogens with one attached hydrogen (secondary N) is 1. The van der Waals surface area contributed by atoms with Gasteiger partial charge in [-0.15, -0.1) is 0 Å². The van der Waals surface area contributed by atoms with Gasteiger partial charge < -0.3 is 30.5 Å². The fraction of sp³-hybridized carbons (Fsp3) is 0.357. The molecule has 1 aromatic carbocycles. The second-order valence-electron chi connectivity index (χ2n) is 5.09. The van der Waals surface area contributed by atoms with Crippen LogP contribution in [-0.2, 0) is 0 Å². The third-order valence-electron chi connectivity index (χ3n) is 3.56. The SMILES string of the molecule is O=C(c1c[nH]c2ccccc12)[C@H](O)[C@@H](O)[C@](O)(Cl)[C@@](O)(Br)CO. The molecule has 1 heterocycles. The molecule has 0 saturated heterocycles. The normalized spacial score (nSPS) is 19.8. The molecule has 2 aromatic rings. The van der Waals surface area contributed by atoms with Crippen molar-refractivity contribution in [2.45, 2.75) is 21.8 Å². The molecule has 0 saturated carbocycles. The summed E-state index contributed by atoms with van der Waals surface area (Å²) in [4.78, 5) is 15.2. The summed E-state index contributed by atoms with van der Waals surface area (Å²) in [6.45, 7) is -1.07. The Bertz CT molecular complexity index is 716. The molecule has 0 aliphatic heterocycles. The smallest absolute Gasteiger partial charge is 0.208 e. The molecule has 0 radical (unpaired) electrons. The number of aromatic amines is 1.